The van der Waals surface area contributed by atoms with Crippen LogP contribution in [0, 0.1) is 6.92 Å². The van der Waals surface area contributed by atoms with E-state index in [9.17, 15) is 0 Å². The number of rotatable bonds is 3. The second-order valence-electron chi connectivity index (χ2n) is 3.95. The van der Waals surface area contributed by atoms with Crippen molar-refractivity contribution >= 4 is 5.69 Å². The molecule has 3 N–H and O–H groups in total. The van der Waals surface area contributed by atoms with Crippen LogP contribution in [0.25, 0.3) is 11.4 Å². The summed E-state index contributed by atoms with van der Waals surface area (Å²) in [4.78, 5) is 4.43. The molecule has 0 amide bonds. The SMILES string of the molecule is CCCc1nc(-c2cc(C)ccc2N)n[nH]1. The van der Waals surface area contributed by atoms with Gasteiger partial charge in [0.25, 0.3) is 0 Å². The van der Waals surface area contributed by atoms with Gasteiger partial charge >= 0.3 is 0 Å². The smallest absolute Gasteiger partial charge is 0.183 e. The van der Waals surface area contributed by atoms with Gasteiger partial charge in [-0.25, -0.2) is 4.98 Å². The zero-order valence-electron chi connectivity index (χ0n) is 9.62. The van der Waals surface area contributed by atoms with E-state index in [1.165, 1.54) is 0 Å². The number of aromatic amines is 1. The third-order valence-corrected chi connectivity index (χ3v) is 2.47. The molecule has 1 aromatic carbocycles. The van der Waals surface area contributed by atoms with Crippen LogP contribution in [0.1, 0.15) is 24.7 Å². The highest BCUT2D eigenvalue weighted by atomic mass is 15.2. The van der Waals surface area contributed by atoms with Crippen LogP contribution in [-0.2, 0) is 6.42 Å². The van der Waals surface area contributed by atoms with Crippen molar-refractivity contribution in [3.8, 4) is 11.4 Å². The van der Waals surface area contributed by atoms with Gasteiger partial charge in [-0.3, -0.25) is 5.10 Å². The molecule has 1 aromatic heterocycles. The molecule has 0 saturated heterocycles. The largest absolute Gasteiger partial charge is 0.398 e. The van der Waals surface area contributed by atoms with Gasteiger partial charge in [-0.15, -0.1) is 0 Å². The van der Waals surface area contributed by atoms with Gasteiger partial charge in [-0.2, -0.15) is 5.10 Å². The van der Waals surface area contributed by atoms with Gasteiger partial charge in [-0.1, -0.05) is 18.6 Å². The molecule has 0 aliphatic carbocycles. The van der Waals surface area contributed by atoms with Gasteiger partial charge in [0, 0.05) is 17.7 Å². The third kappa shape index (κ3) is 2.05. The minimum Gasteiger partial charge on any atom is -0.398 e. The third-order valence-electron chi connectivity index (χ3n) is 2.47. The summed E-state index contributed by atoms with van der Waals surface area (Å²) < 4.78 is 0. The summed E-state index contributed by atoms with van der Waals surface area (Å²) >= 11 is 0. The lowest BCUT2D eigenvalue weighted by atomic mass is 10.1. The normalized spacial score (nSPS) is 10.6. The molecule has 0 saturated carbocycles. The van der Waals surface area contributed by atoms with E-state index in [0.717, 1.165) is 29.8 Å². The van der Waals surface area contributed by atoms with Crippen molar-refractivity contribution in [2.75, 3.05) is 5.73 Å². The fraction of sp³-hybridized carbons (Fsp3) is 0.333. The summed E-state index contributed by atoms with van der Waals surface area (Å²) in [5.74, 6) is 1.60. The van der Waals surface area contributed by atoms with Crippen molar-refractivity contribution in [1.82, 2.24) is 15.2 Å². The lowest BCUT2D eigenvalue weighted by Gasteiger charge is -2.01. The number of H-pyrrole nitrogens is 1. The van der Waals surface area contributed by atoms with Gasteiger partial charge in [0.2, 0.25) is 0 Å². The Hall–Kier alpha value is -1.84. The van der Waals surface area contributed by atoms with E-state index in [1.807, 2.05) is 25.1 Å². The predicted molar refractivity (Wildman–Crippen MR) is 65.0 cm³/mol. The first-order valence-corrected chi connectivity index (χ1v) is 5.48. The fourth-order valence-corrected chi connectivity index (χ4v) is 1.63. The number of hydrogen-bond acceptors (Lipinski definition) is 3. The molecule has 0 bridgehead atoms. The van der Waals surface area contributed by atoms with Crippen molar-refractivity contribution in [2.24, 2.45) is 0 Å². The van der Waals surface area contributed by atoms with Crippen LogP contribution >= 0.6 is 0 Å². The van der Waals surface area contributed by atoms with Crippen LogP contribution in [-0.4, -0.2) is 15.2 Å². The molecule has 4 heteroatoms. The Morgan fingerprint density at radius 2 is 2.19 bits per heavy atom. The highest BCUT2D eigenvalue weighted by Gasteiger charge is 2.08. The average Bonchev–Trinajstić information content (AvgIpc) is 2.71. The maximum Gasteiger partial charge on any atom is 0.183 e. The Morgan fingerprint density at radius 3 is 2.94 bits per heavy atom. The Kier molecular flexibility index (Phi) is 2.90. The zero-order chi connectivity index (χ0) is 11.5. The molecule has 1 heterocycles. The minimum atomic E-state index is 0.685. The predicted octanol–water partition coefficient (Wildman–Crippen LogP) is 2.31. The van der Waals surface area contributed by atoms with Crippen molar-refractivity contribution in [3.63, 3.8) is 0 Å². The van der Waals surface area contributed by atoms with Crippen molar-refractivity contribution in [3.05, 3.63) is 29.6 Å². The average molecular weight is 216 g/mol. The molecule has 84 valence electrons. The van der Waals surface area contributed by atoms with Crippen LogP contribution in [0.3, 0.4) is 0 Å². The molecule has 0 radical (unpaired) electrons. The molecular weight excluding hydrogens is 200 g/mol. The molecule has 0 unspecified atom stereocenters. The second kappa shape index (κ2) is 4.35. The number of nitrogen functional groups attached to an aromatic ring is 1. The van der Waals surface area contributed by atoms with Crippen LogP contribution < -0.4 is 5.73 Å². The first-order chi connectivity index (χ1) is 7.70. The van der Waals surface area contributed by atoms with Gasteiger partial charge < -0.3 is 5.73 Å². The van der Waals surface area contributed by atoms with Gasteiger partial charge in [0.1, 0.15) is 5.82 Å². The van der Waals surface area contributed by atoms with Gasteiger partial charge in [-0.05, 0) is 25.5 Å². The highest BCUT2D eigenvalue weighted by Crippen LogP contribution is 2.23. The molecular formula is C12H16N4. The molecule has 4 nitrogen and oxygen atoms in total. The molecule has 0 atom stereocenters. The van der Waals surface area contributed by atoms with Gasteiger partial charge in [0.15, 0.2) is 5.82 Å². The van der Waals surface area contributed by atoms with Crippen molar-refractivity contribution < 1.29 is 0 Å². The number of hydrogen-bond donors (Lipinski definition) is 2. The summed E-state index contributed by atoms with van der Waals surface area (Å²) in [5.41, 5.74) is 8.69. The number of nitrogens with zero attached hydrogens (tertiary/aromatic N) is 2. The number of nitrogens with one attached hydrogen (secondary N) is 1. The van der Waals surface area contributed by atoms with Gasteiger partial charge in [0.05, 0.1) is 0 Å². The van der Waals surface area contributed by atoms with Crippen LogP contribution in [0.5, 0.6) is 0 Å². The Morgan fingerprint density at radius 1 is 1.38 bits per heavy atom. The lowest BCUT2D eigenvalue weighted by Crippen LogP contribution is -1.92. The monoisotopic (exact) mass is 216 g/mol. The van der Waals surface area contributed by atoms with E-state index in [-0.39, 0.29) is 0 Å². The highest BCUT2D eigenvalue weighted by molar-refractivity contribution is 5.71. The van der Waals surface area contributed by atoms with E-state index in [4.69, 9.17) is 5.73 Å². The molecule has 2 aromatic rings. The Balaban J connectivity index is 2.38. The summed E-state index contributed by atoms with van der Waals surface area (Å²) in [5, 5.41) is 7.13. The molecule has 0 aliphatic rings. The maximum absolute atomic E-state index is 5.91. The standard InChI is InChI=1S/C12H16N4/c1-3-4-11-14-12(16-15-11)9-7-8(2)5-6-10(9)13/h5-7H,3-4,13H2,1-2H3,(H,14,15,16). The van der Waals surface area contributed by atoms with Crippen LogP contribution in [0.4, 0.5) is 5.69 Å². The Bertz CT molecular complexity index is 488. The van der Waals surface area contributed by atoms with Crippen LogP contribution in [0.15, 0.2) is 18.2 Å². The minimum absolute atomic E-state index is 0.685. The molecule has 0 aliphatic heterocycles. The molecule has 0 fully saturated rings. The van der Waals surface area contributed by atoms with E-state index in [2.05, 4.69) is 22.1 Å². The number of nitrogens with two attached hydrogens (primary N) is 1. The first-order valence-electron chi connectivity index (χ1n) is 5.48. The first kappa shape index (κ1) is 10.7. The fourth-order valence-electron chi connectivity index (χ4n) is 1.63. The van der Waals surface area contributed by atoms with Crippen LogP contribution in [0.2, 0.25) is 0 Å². The summed E-state index contributed by atoms with van der Waals surface area (Å²) in [7, 11) is 0. The lowest BCUT2D eigenvalue weighted by molar-refractivity contribution is 0.841. The number of benzene rings is 1. The second-order valence-corrected chi connectivity index (χ2v) is 3.95. The number of anilines is 1. The van der Waals surface area contributed by atoms with E-state index in [1.54, 1.807) is 0 Å². The summed E-state index contributed by atoms with van der Waals surface area (Å²) in [6.45, 7) is 4.14. The quantitative estimate of drug-likeness (QED) is 0.774. The molecule has 16 heavy (non-hydrogen) atoms. The molecule has 2 rings (SSSR count). The van der Waals surface area contributed by atoms with E-state index >= 15 is 0 Å². The van der Waals surface area contributed by atoms with E-state index < -0.39 is 0 Å². The summed E-state index contributed by atoms with van der Waals surface area (Å²) in [6.07, 6.45) is 1.97. The maximum atomic E-state index is 5.91. The summed E-state index contributed by atoms with van der Waals surface area (Å²) in [6, 6.07) is 5.88. The van der Waals surface area contributed by atoms with Crippen molar-refractivity contribution in [1.29, 1.82) is 0 Å². The van der Waals surface area contributed by atoms with Crippen molar-refractivity contribution in [2.45, 2.75) is 26.7 Å². The molecule has 0 spiro atoms. The topological polar surface area (TPSA) is 67.6 Å². The number of aromatic nitrogens is 3. The Labute approximate surface area is 94.9 Å². The zero-order valence-corrected chi connectivity index (χ0v) is 9.62. The van der Waals surface area contributed by atoms with E-state index in [0.29, 0.717) is 11.5 Å². The number of aryl methyl sites for hydroxylation is 2.